The van der Waals surface area contributed by atoms with Crippen molar-refractivity contribution in [3.63, 3.8) is 0 Å². The summed E-state index contributed by atoms with van der Waals surface area (Å²) in [5.41, 5.74) is 2.61. The number of amides is 1. The number of likely N-dealkylation sites (tertiary alicyclic amines) is 1. The summed E-state index contributed by atoms with van der Waals surface area (Å²) >= 11 is 0. The van der Waals surface area contributed by atoms with Crippen LogP contribution in [0.4, 0.5) is 13.2 Å². The second kappa shape index (κ2) is 5.77. The smallest absolute Gasteiger partial charge is 0.353 e. The minimum atomic E-state index is -4.02. The third-order valence-electron chi connectivity index (χ3n) is 3.86. The largest absolute Gasteiger partial charge is 0.496 e. The maximum atomic E-state index is 13.7. The van der Waals surface area contributed by atoms with Crippen molar-refractivity contribution in [2.24, 2.45) is 5.73 Å². The van der Waals surface area contributed by atoms with Gasteiger partial charge in [-0.25, -0.2) is 4.39 Å². The Kier molecular flexibility index (Phi) is 4.35. The van der Waals surface area contributed by atoms with Crippen molar-refractivity contribution in [1.29, 1.82) is 0 Å². The van der Waals surface area contributed by atoms with Gasteiger partial charge >= 0.3 is 5.92 Å². The Bertz CT molecular complexity index is 582. The number of nitrogens with zero attached hydrogens (tertiary/aromatic N) is 1. The van der Waals surface area contributed by atoms with Crippen LogP contribution >= 0.6 is 0 Å². The number of alkyl halides is 2. The van der Waals surface area contributed by atoms with Gasteiger partial charge in [-0.05, 0) is 24.6 Å². The second-order valence-electron chi connectivity index (χ2n) is 5.39. The molecule has 2 rings (SSSR count). The molecule has 0 radical (unpaired) electrons. The van der Waals surface area contributed by atoms with Gasteiger partial charge < -0.3 is 15.6 Å². The van der Waals surface area contributed by atoms with Gasteiger partial charge in [0.15, 0.2) is 5.60 Å². The molecule has 1 aliphatic rings. The number of rotatable bonds is 5. The highest BCUT2D eigenvalue weighted by Crippen LogP contribution is 2.37. The van der Waals surface area contributed by atoms with Gasteiger partial charge in [0.25, 0.3) is 5.91 Å². The Morgan fingerprint density at radius 2 is 2.23 bits per heavy atom. The number of carbonyl (C=O) groups is 1. The summed E-state index contributed by atoms with van der Waals surface area (Å²) < 4.78 is 45.8. The Labute approximate surface area is 125 Å². The number of β-amino-alcohol motifs (C(OH)–C–C–N with tert-alkyl or cyclic N) is 1. The highest BCUT2D eigenvalue weighted by Gasteiger charge is 2.60. The summed E-state index contributed by atoms with van der Waals surface area (Å²) in [7, 11) is 1.41. The molecule has 0 aliphatic carbocycles. The Morgan fingerprint density at radius 1 is 1.55 bits per heavy atom. The third kappa shape index (κ3) is 2.89. The van der Waals surface area contributed by atoms with Gasteiger partial charge in [-0.3, -0.25) is 9.69 Å². The molecule has 8 heteroatoms. The van der Waals surface area contributed by atoms with Crippen molar-refractivity contribution in [2.45, 2.75) is 24.5 Å². The second-order valence-corrected chi connectivity index (χ2v) is 5.39. The van der Waals surface area contributed by atoms with Gasteiger partial charge in [0.2, 0.25) is 0 Å². The van der Waals surface area contributed by atoms with Gasteiger partial charge in [0, 0.05) is 25.2 Å². The number of hydrogen-bond donors (Lipinski definition) is 2. The zero-order valence-corrected chi connectivity index (χ0v) is 12.0. The molecule has 1 atom stereocenters. The molecule has 5 nitrogen and oxygen atoms in total. The van der Waals surface area contributed by atoms with Crippen LogP contribution in [0.5, 0.6) is 5.75 Å². The van der Waals surface area contributed by atoms with E-state index in [-0.39, 0.29) is 19.5 Å². The summed E-state index contributed by atoms with van der Waals surface area (Å²) in [5.74, 6) is -5.94. The lowest BCUT2D eigenvalue weighted by Gasteiger charge is -2.30. The number of primary amides is 1. The lowest BCUT2D eigenvalue weighted by Crippen LogP contribution is -2.57. The van der Waals surface area contributed by atoms with Gasteiger partial charge in [0.05, 0.1) is 7.11 Å². The normalized spacial score (nSPS) is 22.8. The Balaban J connectivity index is 2.15. The lowest BCUT2D eigenvalue weighted by atomic mass is 9.94. The van der Waals surface area contributed by atoms with Crippen LogP contribution in [0.2, 0.25) is 0 Å². The molecule has 22 heavy (non-hydrogen) atoms. The summed E-state index contributed by atoms with van der Waals surface area (Å²) in [6.07, 6.45) is -0.305. The zero-order valence-electron chi connectivity index (χ0n) is 12.0. The molecule has 1 saturated heterocycles. The maximum absolute atomic E-state index is 13.7. The number of ether oxygens (including phenoxy) is 1. The summed E-state index contributed by atoms with van der Waals surface area (Å²) in [5, 5.41) is 10.0. The molecular weight excluding hydrogens is 301 g/mol. The number of halogens is 3. The van der Waals surface area contributed by atoms with Crippen molar-refractivity contribution >= 4 is 5.91 Å². The van der Waals surface area contributed by atoms with E-state index in [1.165, 1.54) is 30.2 Å². The van der Waals surface area contributed by atoms with E-state index in [9.17, 15) is 23.1 Å². The molecule has 1 aromatic carbocycles. The van der Waals surface area contributed by atoms with Crippen molar-refractivity contribution < 1.29 is 27.8 Å². The van der Waals surface area contributed by atoms with E-state index < -0.39 is 29.8 Å². The fourth-order valence-electron chi connectivity index (χ4n) is 2.60. The first-order valence-electron chi connectivity index (χ1n) is 6.64. The maximum Gasteiger partial charge on any atom is 0.353 e. The number of nitrogens with two attached hydrogens (primary N) is 1. The predicted octanol–water partition coefficient (Wildman–Crippen LogP) is 0.892. The van der Waals surface area contributed by atoms with Crippen molar-refractivity contribution in [3.05, 3.63) is 29.6 Å². The van der Waals surface area contributed by atoms with Crippen LogP contribution in [0.3, 0.4) is 0 Å². The molecule has 0 bridgehead atoms. The van der Waals surface area contributed by atoms with Crippen LogP contribution in [-0.4, -0.2) is 47.6 Å². The van der Waals surface area contributed by atoms with Crippen LogP contribution in [0.1, 0.15) is 12.0 Å². The molecule has 122 valence electrons. The molecule has 1 aliphatic heterocycles. The molecule has 1 aromatic rings. The van der Waals surface area contributed by atoms with Crippen LogP contribution in [0.15, 0.2) is 18.2 Å². The standard InChI is InChI=1S/C14H17F3N2O3/c1-22-11-3-2-10(15)6-9(11)7-19-5-4-13(21,8-19)14(16,17)12(18)20/h2-3,6,21H,4-5,7-8H2,1H3,(H2,18,20). The Morgan fingerprint density at radius 3 is 2.82 bits per heavy atom. The van der Waals surface area contributed by atoms with E-state index in [1.807, 2.05) is 0 Å². The van der Waals surface area contributed by atoms with Gasteiger partial charge in [-0.2, -0.15) is 8.78 Å². The molecule has 0 aromatic heterocycles. The lowest BCUT2D eigenvalue weighted by molar-refractivity contribution is -0.185. The SMILES string of the molecule is COc1ccc(F)cc1CN1CCC(O)(C(F)(F)C(N)=O)C1. The number of methoxy groups -OCH3 is 1. The highest BCUT2D eigenvalue weighted by molar-refractivity contribution is 5.83. The molecule has 0 saturated carbocycles. The molecule has 1 unspecified atom stereocenters. The number of carbonyl (C=O) groups excluding carboxylic acids is 1. The number of aliphatic hydroxyl groups is 1. The van der Waals surface area contributed by atoms with Crippen LogP contribution in [-0.2, 0) is 11.3 Å². The van der Waals surface area contributed by atoms with Crippen LogP contribution < -0.4 is 10.5 Å². The van der Waals surface area contributed by atoms with E-state index in [1.54, 1.807) is 0 Å². The molecule has 3 N–H and O–H groups in total. The van der Waals surface area contributed by atoms with Gasteiger partial charge in [0.1, 0.15) is 11.6 Å². The number of benzene rings is 1. The summed E-state index contributed by atoms with van der Waals surface area (Å²) in [4.78, 5) is 12.3. The van der Waals surface area contributed by atoms with Crippen LogP contribution in [0, 0.1) is 5.82 Å². The van der Waals surface area contributed by atoms with Crippen molar-refractivity contribution in [1.82, 2.24) is 4.90 Å². The molecule has 1 fully saturated rings. The van der Waals surface area contributed by atoms with E-state index >= 15 is 0 Å². The fourth-order valence-corrected chi connectivity index (χ4v) is 2.60. The average Bonchev–Trinajstić information content (AvgIpc) is 2.82. The number of hydrogen-bond acceptors (Lipinski definition) is 4. The van der Waals surface area contributed by atoms with E-state index in [0.29, 0.717) is 11.3 Å². The van der Waals surface area contributed by atoms with Crippen molar-refractivity contribution in [2.75, 3.05) is 20.2 Å². The Hall–Kier alpha value is -1.80. The highest BCUT2D eigenvalue weighted by atomic mass is 19.3. The first-order valence-corrected chi connectivity index (χ1v) is 6.64. The molecule has 1 amide bonds. The van der Waals surface area contributed by atoms with Gasteiger partial charge in [-0.1, -0.05) is 0 Å². The first kappa shape index (κ1) is 16.6. The predicted molar refractivity (Wildman–Crippen MR) is 71.9 cm³/mol. The summed E-state index contributed by atoms with van der Waals surface area (Å²) in [6, 6.07) is 3.90. The first-order chi connectivity index (χ1) is 10.2. The van der Waals surface area contributed by atoms with E-state index in [0.717, 1.165) is 0 Å². The minimum absolute atomic E-state index is 0.109. The quantitative estimate of drug-likeness (QED) is 0.845. The monoisotopic (exact) mass is 318 g/mol. The minimum Gasteiger partial charge on any atom is -0.496 e. The van der Waals surface area contributed by atoms with Crippen LogP contribution in [0.25, 0.3) is 0 Å². The molecule has 0 spiro atoms. The zero-order chi connectivity index (χ0) is 16.5. The van der Waals surface area contributed by atoms with E-state index in [2.05, 4.69) is 5.73 Å². The molecule has 1 heterocycles. The third-order valence-corrected chi connectivity index (χ3v) is 3.86. The van der Waals surface area contributed by atoms with E-state index in [4.69, 9.17) is 4.74 Å². The van der Waals surface area contributed by atoms with Gasteiger partial charge in [-0.15, -0.1) is 0 Å². The topological polar surface area (TPSA) is 75.8 Å². The molecular formula is C14H17F3N2O3. The summed E-state index contributed by atoms with van der Waals surface area (Å²) in [6.45, 7) is -0.209. The fraction of sp³-hybridized carbons (Fsp3) is 0.500. The van der Waals surface area contributed by atoms with Crippen molar-refractivity contribution in [3.8, 4) is 5.75 Å². The average molecular weight is 318 g/mol.